The largest absolute Gasteiger partial charge is 0.303 e. The third-order valence-corrected chi connectivity index (χ3v) is 0.407. The molecule has 0 N–H and O–H groups in total. The Balaban J connectivity index is 0. The van der Waals surface area contributed by atoms with E-state index in [0.717, 1.165) is 12.7 Å². The first kappa shape index (κ1) is 4.67. The fraction of sp³-hybridized carbons (Fsp3) is 0.750. The molecule has 0 heterocycles. The quantitative estimate of drug-likeness (QED) is 0.450. The van der Waals surface area contributed by atoms with Gasteiger partial charge < -0.3 is 4.79 Å². The molecule has 32 valence electrons. The predicted molar refractivity (Wildman–Crippen MR) is 23.1 cm³/mol. The van der Waals surface area contributed by atoms with E-state index in [1.165, 1.54) is 0 Å². The molecule has 0 aromatic rings. The Hall–Kier alpha value is -0.330. The molecular formula is C4H10O. The molecule has 0 fully saturated rings. The maximum atomic E-state index is 9.40. The van der Waals surface area contributed by atoms with Gasteiger partial charge in [-0.1, -0.05) is 6.92 Å². The summed E-state index contributed by atoms with van der Waals surface area (Å²) >= 11 is 0. The summed E-state index contributed by atoms with van der Waals surface area (Å²) in [6.07, 6.45) is 2.61. The second-order valence-corrected chi connectivity index (χ2v) is 0.955. The van der Waals surface area contributed by atoms with Gasteiger partial charge in [0, 0.05) is 7.85 Å². The minimum atomic E-state index is 0. The van der Waals surface area contributed by atoms with Crippen LogP contribution in [0.25, 0.3) is 0 Å². The molecule has 0 aliphatic carbocycles. The average Bonchev–Trinajstić information content (AvgIpc) is 1.41. The van der Waals surface area contributed by atoms with Crippen LogP contribution in [0.5, 0.6) is 0 Å². The van der Waals surface area contributed by atoms with Crippen molar-refractivity contribution in [2.45, 2.75) is 19.8 Å². The number of carbonyl (C=O) groups is 1. The van der Waals surface area contributed by atoms with Gasteiger partial charge in [0.05, 0.1) is 0 Å². The molecule has 1 nitrogen and oxygen atoms in total. The predicted octanol–water partition coefficient (Wildman–Crippen LogP) is 1.23. The SMILES string of the molecule is CCCC=O.[HH]. The summed E-state index contributed by atoms with van der Waals surface area (Å²) in [6.45, 7) is 1.98. The van der Waals surface area contributed by atoms with Crippen molar-refractivity contribution in [3.63, 3.8) is 0 Å². The van der Waals surface area contributed by atoms with Gasteiger partial charge in [0.25, 0.3) is 0 Å². The molecule has 0 spiro atoms. The van der Waals surface area contributed by atoms with Gasteiger partial charge in [-0.25, -0.2) is 0 Å². The summed E-state index contributed by atoms with van der Waals surface area (Å²) in [5, 5.41) is 0. The monoisotopic (exact) mass is 74.1 g/mol. The smallest absolute Gasteiger partial charge is 0.119 e. The third-order valence-electron chi connectivity index (χ3n) is 0.407. The molecule has 0 saturated heterocycles. The molecule has 0 rings (SSSR count). The molecule has 5 heavy (non-hydrogen) atoms. The Bertz CT molecular complexity index is 28.7. The number of aldehydes is 1. The lowest BCUT2D eigenvalue weighted by atomic mass is 10.4. The highest BCUT2D eigenvalue weighted by Gasteiger charge is 1.66. The fourth-order valence-corrected chi connectivity index (χ4v) is 0.118. The van der Waals surface area contributed by atoms with Crippen LogP contribution >= 0.6 is 0 Å². The van der Waals surface area contributed by atoms with Gasteiger partial charge >= 0.3 is 0 Å². The topological polar surface area (TPSA) is 17.1 Å². The zero-order chi connectivity index (χ0) is 4.12. The van der Waals surface area contributed by atoms with Gasteiger partial charge in [-0.3, -0.25) is 0 Å². The molecule has 0 saturated carbocycles. The molecule has 0 amide bonds. The van der Waals surface area contributed by atoms with Crippen molar-refractivity contribution >= 4 is 6.29 Å². The van der Waals surface area contributed by atoms with Gasteiger partial charge in [-0.2, -0.15) is 0 Å². The van der Waals surface area contributed by atoms with Crippen LogP contribution in [0.15, 0.2) is 0 Å². The number of hydrogen-bond acceptors (Lipinski definition) is 1. The molecule has 0 bridgehead atoms. The first-order valence-corrected chi connectivity index (χ1v) is 1.85. The van der Waals surface area contributed by atoms with E-state index in [9.17, 15) is 4.79 Å². The maximum absolute atomic E-state index is 9.40. The first-order chi connectivity index (χ1) is 2.41. The van der Waals surface area contributed by atoms with Crippen molar-refractivity contribution in [3.8, 4) is 0 Å². The molecule has 0 unspecified atom stereocenters. The first-order valence-electron chi connectivity index (χ1n) is 1.85. The van der Waals surface area contributed by atoms with Crippen LogP contribution in [-0.2, 0) is 4.79 Å². The molecule has 0 aromatic carbocycles. The van der Waals surface area contributed by atoms with Gasteiger partial charge in [0.2, 0.25) is 0 Å². The summed E-state index contributed by atoms with van der Waals surface area (Å²) in [7, 11) is 0. The van der Waals surface area contributed by atoms with Gasteiger partial charge in [0.15, 0.2) is 0 Å². The van der Waals surface area contributed by atoms with Crippen molar-refractivity contribution in [2.75, 3.05) is 0 Å². The number of carbonyl (C=O) groups excluding carboxylic acids is 1. The van der Waals surface area contributed by atoms with Crippen LogP contribution in [0.3, 0.4) is 0 Å². The lowest BCUT2D eigenvalue weighted by Gasteiger charge is -1.68. The van der Waals surface area contributed by atoms with E-state index in [0.29, 0.717) is 6.42 Å². The van der Waals surface area contributed by atoms with E-state index >= 15 is 0 Å². The Kier molecular flexibility index (Phi) is 3.43. The van der Waals surface area contributed by atoms with E-state index in [1.54, 1.807) is 0 Å². The van der Waals surface area contributed by atoms with Crippen molar-refractivity contribution < 1.29 is 6.22 Å². The van der Waals surface area contributed by atoms with Crippen molar-refractivity contribution in [3.05, 3.63) is 0 Å². The van der Waals surface area contributed by atoms with E-state index < -0.39 is 0 Å². The van der Waals surface area contributed by atoms with Crippen LogP contribution in [0, 0.1) is 0 Å². The second kappa shape index (κ2) is 3.67. The van der Waals surface area contributed by atoms with Crippen LogP contribution in [0.1, 0.15) is 21.2 Å². The molecular weight excluding hydrogens is 64.0 g/mol. The van der Waals surface area contributed by atoms with Gasteiger partial charge in [0.1, 0.15) is 6.29 Å². The van der Waals surface area contributed by atoms with Crippen LogP contribution in [0.4, 0.5) is 0 Å². The molecule has 0 radical (unpaired) electrons. The minimum Gasteiger partial charge on any atom is -0.303 e. The minimum absolute atomic E-state index is 0. The highest BCUT2D eigenvalue weighted by molar-refractivity contribution is 5.48. The van der Waals surface area contributed by atoms with Crippen molar-refractivity contribution in [1.82, 2.24) is 0 Å². The normalized spacial score (nSPS) is 7.40. The van der Waals surface area contributed by atoms with Crippen LogP contribution in [0.2, 0.25) is 0 Å². The molecule has 0 aliphatic rings. The van der Waals surface area contributed by atoms with E-state index in [2.05, 4.69) is 0 Å². The molecule has 0 atom stereocenters. The summed E-state index contributed by atoms with van der Waals surface area (Å²) in [5.74, 6) is 0. The Labute approximate surface area is 33.5 Å². The molecule has 0 aromatic heterocycles. The summed E-state index contributed by atoms with van der Waals surface area (Å²) in [6, 6.07) is 0. The van der Waals surface area contributed by atoms with E-state index in [-0.39, 0.29) is 1.43 Å². The highest BCUT2D eigenvalue weighted by atomic mass is 16.1. The van der Waals surface area contributed by atoms with E-state index in [1.807, 2.05) is 6.92 Å². The van der Waals surface area contributed by atoms with Gasteiger partial charge in [-0.05, 0) is 6.42 Å². The van der Waals surface area contributed by atoms with Crippen molar-refractivity contribution in [1.29, 1.82) is 0 Å². The zero-order valence-electron chi connectivity index (χ0n) is 3.40. The zero-order valence-corrected chi connectivity index (χ0v) is 3.40. The van der Waals surface area contributed by atoms with E-state index in [4.69, 9.17) is 0 Å². The summed E-state index contributed by atoms with van der Waals surface area (Å²) in [5.41, 5.74) is 0. The average molecular weight is 74.1 g/mol. The van der Waals surface area contributed by atoms with Crippen LogP contribution < -0.4 is 0 Å². The van der Waals surface area contributed by atoms with Gasteiger partial charge in [-0.15, -0.1) is 0 Å². The number of hydrogen-bond donors (Lipinski definition) is 0. The van der Waals surface area contributed by atoms with Crippen molar-refractivity contribution in [2.24, 2.45) is 0 Å². The Morgan fingerprint density at radius 1 is 2.00 bits per heavy atom. The fourth-order valence-electron chi connectivity index (χ4n) is 0.118. The maximum Gasteiger partial charge on any atom is 0.119 e. The Morgan fingerprint density at radius 3 is 2.60 bits per heavy atom. The summed E-state index contributed by atoms with van der Waals surface area (Å²) < 4.78 is 0. The van der Waals surface area contributed by atoms with Crippen LogP contribution in [-0.4, -0.2) is 6.29 Å². The lowest BCUT2D eigenvalue weighted by molar-refractivity contribution is -0.107. The highest BCUT2D eigenvalue weighted by Crippen LogP contribution is 1.74. The second-order valence-electron chi connectivity index (χ2n) is 0.955. The lowest BCUT2D eigenvalue weighted by Crippen LogP contribution is -1.64. The third kappa shape index (κ3) is 3.67. The molecule has 1 heteroatoms. The molecule has 0 aliphatic heterocycles. The number of unbranched alkanes of at least 4 members (excludes halogenated alkanes) is 1. The standard InChI is InChI=1S/C4H8O.H2/c1-2-3-4-5;/h4H,2-3H2,1H3;1H. The Morgan fingerprint density at radius 2 is 2.60 bits per heavy atom. The number of rotatable bonds is 2. The summed E-state index contributed by atoms with van der Waals surface area (Å²) in [4.78, 5) is 9.40.